The molecule has 3 aliphatic rings. The van der Waals surface area contributed by atoms with Gasteiger partial charge in [0, 0.05) is 44.8 Å². The number of nitrogens with zero attached hydrogens (tertiary/aromatic N) is 7. The van der Waals surface area contributed by atoms with E-state index in [-0.39, 0.29) is 31.4 Å². The molecule has 2 N–H and O–H groups in total. The van der Waals surface area contributed by atoms with E-state index in [1.165, 1.54) is 0 Å². The topological polar surface area (TPSA) is 120 Å². The first-order valence-electron chi connectivity index (χ1n) is 14.2. The minimum absolute atomic E-state index is 0.0550. The van der Waals surface area contributed by atoms with E-state index >= 15 is 0 Å². The van der Waals surface area contributed by atoms with Crippen molar-refractivity contribution in [2.75, 3.05) is 73.8 Å². The Labute approximate surface area is 234 Å². The van der Waals surface area contributed by atoms with Gasteiger partial charge in [0.25, 0.3) is 0 Å². The Bertz CT molecular complexity index is 1340. The van der Waals surface area contributed by atoms with Gasteiger partial charge in [-0.2, -0.15) is 9.97 Å². The number of aliphatic hydroxyl groups is 2. The van der Waals surface area contributed by atoms with Crippen molar-refractivity contribution in [2.45, 2.75) is 50.9 Å². The minimum Gasteiger partial charge on any atom is -0.395 e. The first kappa shape index (κ1) is 27.1. The summed E-state index contributed by atoms with van der Waals surface area (Å²) in [6.45, 7) is 10.1. The van der Waals surface area contributed by atoms with E-state index in [1.807, 2.05) is 35.2 Å². The second-order valence-electron chi connectivity index (χ2n) is 11.8. The Morgan fingerprint density at radius 2 is 1.80 bits per heavy atom. The molecule has 1 saturated carbocycles. The fourth-order valence-electron chi connectivity index (χ4n) is 5.70. The lowest BCUT2D eigenvalue weighted by Crippen LogP contribution is -2.49. The number of anilines is 3. The number of hydrogen-bond donors (Lipinski definition) is 2. The normalized spacial score (nSPS) is 20.8. The molecule has 4 heterocycles. The highest BCUT2D eigenvalue weighted by Gasteiger charge is 2.50. The standard InChI is InChI=1S/C29H39N7O4/c1-20-17-36(19-29(40-20)9-10-29)27-32-24-23(26(33-27)35(11-14-37)18-28(2,3)38)30-22(21-7-5-4-6-8-21)25(31-24)34-12-15-39-16-13-34/h4-8,20,37-38H,9-19H2,1-3H3/t20-/m1/s1. The summed E-state index contributed by atoms with van der Waals surface area (Å²) in [6, 6.07) is 10.0. The molecular formula is C29H39N7O4. The molecule has 40 heavy (non-hydrogen) atoms. The summed E-state index contributed by atoms with van der Waals surface area (Å²) < 4.78 is 11.9. The van der Waals surface area contributed by atoms with Crippen LogP contribution in [-0.2, 0) is 9.47 Å². The van der Waals surface area contributed by atoms with Crippen LogP contribution in [0.25, 0.3) is 22.4 Å². The third-order valence-electron chi connectivity index (χ3n) is 7.59. The smallest absolute Gasteiger partial charge is 0.229 e. The Kier molecular flexibility index (Phi) is 7.24. The average molecular weight is 550 g/mol. The second kappa shape index (κ2) is 10.7. The largest absolute Gasteiger partial charge is 0.395 e. The van der Waals surface area contributed by atoms with Gasteiger partial charge in [0.05, 0.1) is 37.1 Å². The lowest BCUT2D eigenvalue weighted by molar-refractivity contribution is -0.0342. The predicted molar refractivity (Wildman–Crippen MR) is 154 cm³/mol. The maximum Gasteiger partial charge on any atom is 0.229 e. The fraction of sp³-hybridized carbons (Fsp3) is 0.586. The van der Waals surface area contributed by atoms with E-state index in [9.17, 15) is 10.2 Å². The molecule has 0 amide bonds. The van der Waals surface area contributed by atoms with Crippen molar-refractivity contribution in [3.05, 3.63) is 30.3 Å². The third-order valence-corrected chi connectivity index (χ3v) is 7.59. The maximum absolute atomic E-state index is 10.8. The molecule has 1 atom stereocenters. The van der Waals surface area contributed by atoms with Crippen molar-refractivity contribution in [2.24, 2.45) is 0 Å². The van der Waals surface area contributed by atoms with E-state index in [0.717, 1.165) is 36.5 Å². The molecule has 2 aliphatic heterocycles. The molecule has 1 spiro atoms. The first-order valence-corrected chi connectivity index (χ1v) is 14.2. The van der Waals surface area contributed by atoms with E-state index < -0.39 is 5.60 Å². The van der Waals surface area contributed by atoms with Crippen LogP contribution in [0, 0.1) is 0 Å². The van der Waals surface area contributed by atoms with Crippen LogP contribution in [-0.4, -0.2) is 107 Å². The number of ether oxygens (including phenoxy) is 2. The highest BCUT2D eigenvalue weighted by Crippen LogP contribution is 2.44. The molecule has 1 aromatic carbocycles. The highest BCUT2D eigenvalue weighted by molar-refractivity contribution is 5.89. The van der Waals surface area contributed by atoms with Crippen molar-refractivity contribution < 1.29 is 19.7 Å². The van der Waals surface area contributed by atoms with Crippen molar-refractivity contribution in [3.8, 4) is 11.3 Å². The van der Waals surface area contributed by atoms with E-state index in [2.05, 4.69) is 16.7 Å². The molecule has 0 unspecified atom stereocenters. The first-order chi connectivity index (χ1) is 19.2. The molecule has 214 valence electrons. The van der Waals surface area contributed by atoms with Crippen molar-refractivity contribution in [1.82, 2.24) is 19.9 Å². The Morgan fingerprint density at radius 3 is 2.48 bits per heavy atom. The van der Waals surface area contributed by atoms with Crippen molar-refractivity contribution >= 4 is 28.7 Å². The number of hydrogen-bond acceptors (Lipinski definition) is 11. The van der Waals surface area contributed by atoms with Gasteiger partial charge in [0.1, 0.15) is 5.69 Å². The maximum atomic E-state index is 10.8. The molecule has 2 aromatic heterocycles. The van der Waals surface area contributed by atoms with Crippen molar-refractivity contribution in [1.29, 1.82) is 0 Å². The number of morpholine rings is 2. The van der Waals surface area contributed by atoms with Gasteiger partial charge >= 0.3 is 0 Å². The summed E-state index contributed by atoms with van der Waals surface area (Å²) in [5.74, 6) is 1.89. The van der Waals surface area contributed by atoms with Gasteiger partial charge in [-0.1, -0.05) is 30.3 Å². The molecule has 11 heteroatoms. The molecule has 6 rings (SSSR count). The third kappa shape index (κ3) is 5.69. The van der Waals surface area contributed by atoms with Gasteiger partial charge in [-0.25, -0.2) is 9.97 Å². The van der Waals surface area contributed by atoms with E-state index in [0.29, 0.717) is 55.8 Å². The number of benzene rings is 1. The molecule has 3 fully saturated rings. The van der Waals surface area contributed by atoms with Crippen LogP contribution in [0.2, 0.25) is 0 Å². The zero-order valence-electron chi connectivity index (χ0n) is 23.6. The summed E-state index contributed by atoms with van der Waals surface area (Å²) in [6.07, 6.45) is 2.12. The molecular weight excluding hydrogens is 510 g/mol. The summed E-state index contributed by atoms with van der Waals surface area (Å²) in [4.78, 5) is 26.7. The zero-order valence-corrected chi connectivity index (χ0v) is 23.6. The molecule has 0 radical (unpaired) electrons. The number of aliphatic hydroxyl groups excluding tert-OH is 1. The fourth-order valence-corrected chi connectivity index (χ4v) is 5.70. The van der Waals surface area contributed by atoms with Crippen LogP contribution in [0.3, 0.4) is 0 Å². The van der Waals surface area contributed by atoms with Crippen LogP contribution in [0.5, 0.6) is 0 Å². The van der Waals surface area contributed by atoms with Gasteiger partial charge in [-0.15, -0.1) is 0 Å². The van der Waals surface area contributed by atoms with Gasteiger partial charge in [-0.05, 0) is 33.6 Å². The Hall–Kier alpha value is -3.12. The number of fused-ring (bicyclic) bond motifs is 1. The van der Waals surface area contributed by atoms with E-state index in [1.54, 1.807) is 13.8 Å². The van der Waals surface area contributed by atoms with Crippen LogP contribution < -0.4 is 14.7 Å². The zero-order chi connectivity index (χ0) is 27.9. The summed E-state index contributed by atoms with van der Waals surface area (Å²) in [7, 11) is 0. The lowest BCUT2D eigenvalue weighted by Gasteiger charge is -2.38. The van der Waals surface area contributed by atoms with Crippen LogP contribution in [0.4, 0.5) is 17.6 Å². The minimum atomic E-state index is -1.03. The van der Waals surface area contributed by atoms with Crippen LogP contribution in [0.15, 0.2) is 30.3 Å². The van der Waals surface area contributed by atoms with Crippen molar-refractivity contribution in [3.63, 3.8) is 0 Å². The molecule has 3 aromatic rings. The lowest BCUT2D eigenvalue weighted by atomic mass is 10.1. The molecule has 2 saturated heterocycles. The summed E-state index contributed by atoms with van der Waals surface area (Å²) in [5, 5.41) is 20.8. The van der Waals surface area contributed by atoms with Crippen LogP contribution in [0.1, 0.15) is 33.6 Å². The summed E-state index contributed by atoms with van der Waals surface area (Å²) >= 11 is 0. The van der Waals surface area contributed by atoms with Gasteiger partial charge in [0.15, 0.2) is 22.8 Å². The van der Waals surface area contributed by atoms with E-state index in [4.69, 9.17) is 29.4 Å². The predicted octanol–water partition coefficient (Wildman–Crippen LogP) is 2.25. The second-order valence-corrected chi connectivity index (χ2v) is 11.8. The monoisotopic (exact) mass is 549 g/mol. The quantitative estimate of drug-likeness (QED) is 0.430. The summed E-state index contributed by atoms with van der Waals surface area (Å²) in [5.41, 5.74) is 1.57. The number of rotatable bonds is 8. The SMILES string of the molecule is C[C@@H]1CN(c2nc(N(CCO)CC(C)(C)O)c3nc(-c4ccccc4)c(N4CCOCC4)nc3n2)CC2(CC2)O1. The Morgan fingerprint density at radius 1 is 1.05 bits per heavy atom. The van der Waals surface area contributed by atoms with Crippen LogP contribution >= 0.6 is 0 Å². The molecule has 1 aliphatic carbocycles. The molecule has 0 bridgehead atoms. The van der Waals surface area contributed by atoms with Gasteiger partial charge in [-0.3, -0.25) is 0 Å². The highest BCUT2D eigenvalue weighted by atomic mass is 16.5. The molecule has 11 nitrogen and oxygen atoms in total. The van der Waals surface area contributed by atoms with Gasteiger partial charge in [0.2, 0.25) is 5.95 Å². The Balaban J connectivity index is 1.55. The number of aromatic nitrogens is 4. The van der Waals surface area contributed by atoms with Gasteiger partial charge < -0.3 is 34.4 Å². The average Bonchev–Trinajstić information content (AvgIpc) is 3.68.